The van der Waals surface area contributed by atoms with Crippen molar-refractivity contribution in [3.63, 3.8) is 0 Å². The van der Waals surface area contributed by atoms with Crippen molar-refractivity contribution >= 4 is 23.4 Å². The Morgan fingerprint density at radius 2 is 1.73 bits per heavy atom. The highest BCUT2D eigenvalue weighted by Gasteiger charge is 2.46. The Kier molecular flexibility index (Phi) is 8.09. The second kappa shape index (κ2) is 11.3. The van der Waals surface area contributed by atoms with E-state index in [1.165, 1.54) is 4.90 Å². The molecule has 8 heteroatoms. The Bertz CT molecular complexity index is 1450. The molecule has 2 aromatic carbocycles. The zero-order valence-corrected chi connectivity index (χ0v) is 23.6. The number of aliphatic hydroxyl groups is 1. The summed E-state index contributed by atoms with van der Waals surface area (Å²) in [5, 5.41) is 11.5. The van der Waals surface area contributed by atoms with E-state index in [0.717, 1.165) is 5.56 Å². The van der Waals surface area contributed by atoms with Crippen LogP contribution in [0.4, 0.5) is 0 Å². The molecule has 1 aliphatic rings. The first-order valence-electron chi connectivity index (χ1n) is 13.1. The molecule has 2 heterocycles. The van der Waals surface area contributed by atoms with Crippen LogP contribution in [0.5, 0.6) is 5.75 Å². The van der Waals surface area contributed by atoms with Gasteiger partial charge in [0.25, 0.3) is 11.7 Å². The molecule has 1 saturated heterocycles. The molecule has 1 atom stereocenters. The number of ketones is 1. The zero-order chi connectivity index (χ0) is 29.2. The SMILES string of the molecule is COc1ccc(/C(O)=C2/C(=O)C(=O)N(Cc3ccc(C(=O)OC(C)C)cc3)C2c2cccnc2)cc1C(C)(C)C. The first kappa shape index (κ1) is 28.5. The Labute approximate surface area is 234 Å². The van der Waals surface area contributed by atoms with E-state index in [4.69, 9.17) is 9.47 Å². The molecule has 1 unspecified atom stereocenters. The summed E-state index contributed by atoms with van der Waals surface area (Å²) in [7, 11) is 1.58. The molecule has 1 aromatic heterocycles. The number of amides is 1. The maximum atomic E-state index is 13.4. The van der Waals surface area contributed by atoms with Gasteiger partial charge < -0.3 is 19.5 Å². The number of likely N-dealkylation sites (tertiary alicyclic amines) is 1. The van der Waals surface area contributed by atoms with Gasteiger partial charge in [0, 0.05) is 30.1 Å². The van der Waals surface area contributed by atoms with Gasteiger partial charge in [-0.05, 0) is 66.8 Å². The molecule has 0 radical (unpaired) electrons. The fraction of sp³-hybridized carbons (Fsp3) is 0.312. The van der Waals surface area contributed by atoms with E-state index >= 15 is 0 Å². The van der Waals surface area contributed by atoms with Gasteiger partial charge in [0.05, 0.1) is 30.4 Å². The monoisotopic (exact) mass is 542 g/mol. The number of carbonyl (C=O) groups excluding carboxylic acids is 3. The van der Waals surface area contributed by atoms with Gasteiger partial charge >= 0.3 is 5.97 Å². The Hall–Kier alpha value is -4.46. The molecule has 4 rings (SSSR count). The van der Waals surface area contributed by atoms with Gasteiger partial charge in [0.15, 0.2) is 0 Å². The van der Waals surface area contributed by atoms with Crippen molar-refractivity contribution in [3.8, 4) is 5.75 Å². The van der Waals surface area contributed by atoms with Gasteiger partial charge in [0.2, 0.25) is 0 Å². The maximum Gasteiger partial charge on any atom is 0.338 e. The minimum atomic E-state index is -0.862. The quantitative estimate of drug-likeness (QED) is 0.180. The summed E-state index contributed by atoms with van der Waals surface area (Å²) in [4.78, 5) is 44.7. The lowest BCUT2D eigenvalue weighted by molar-refractivity contribution is -0.140. The van der Waals surface area contributed by atoms with Crippen LogP contribution in [0.2, 0.25) is 0 Å². The Morgan fingerprint density at radius 3 is 2.30 bits per heavy atom. The third kappa shape index (κ3) is 5.76. The Morgan fingerprint density at radius 1 is 1.05 bits per heavy atom. The maximum absolute atomic E-state index is 13.4. The van der Waals surface area contributed by atoms with Crippen LogP contribution in [0.25, 0.3) is 5.76 Å². The molecule has 3 aromatic rings. The third-order valence-electron chi connectivity index (χ3n) is 6.71. The molecule has 1 fully saturated rings. The van der Waals surface area contributed by atoms with Crippen molar-refractivity contribution in [1.29, 1.82) is 0 Å². The number of methoxy groups -OCH3 is 1. The molecule has 40 heavy (non-hydrogen) atoms. The number of pyridine rings is 1. The van der Waals surface area contributed by atoms with Crippen LogP contribution in [0.3, 0.4) is 0 Å². The van der Waals surface area contributed by atoms with Gasteiger partial charge in [-0.15, -0.1) is 0 Å². The smallest absolute Gasteiger partial charge is 0.338 e. The summed E-state index contributed by atoms with van der Waals surface area (Å²) in [6, 6.07) is 14.5. The average Bonchev–Trinajstić information content (AvgIpc) is 3.17. The third-order valence-corrected chi connectivity index (χ3v) is 6.71. The zero-order valence-electron chi connectivity index (χ0n) is 23.6. The topological polar surface area (TPSA) is 106 Å². The molecular formula is C32H34N2O6. The number of aliphatic hydroxyl groups excluding tert-OH is 1. The molecule has 1 N–H and O–H groups in total. The summed E-state index contributed by atoms with van der Waals surface area (Å²) in [5.74, 6) is -1.56. The summed E-state index contributed by atoms with van der Waals surface area (Å²) in [5.41, 5.74) is 2.62. The van der Waals surface area contributed by atoms with Gasteiger partial charge in [-0.1, -0.05) is 39.0 Å². The van der Waals surface area contributed by atoms with Crippen molar-refractivity contribution in [3.05, 3.63) is 100 Å². The minimum Gasteiger partial charge on any atom is -0.507 e. The van der Waals surface area contributed by atoms with Crippen LogP contribution in [0.15, 0.2) is 72.6 Å². The van der Waals surface area contributed by atoms with Crippen LogP contribution in [-0.2, 0) is 26.3 Å². The minimum absolute atomic E-state index is 0.0137. The van der Waals surface area contributed by atoms with Gasteiger partial charge in [-0.3, -0.25) is 14.6 Å². The van der Waals surface area contributed by atoms with Crippen molar-refractivity contribution < 1.29 is 29.0 Å². The molecule has 8 nitrogen and oxygen atoms in total. The normalized spacial score (nSPS) is 16.9. The van der Waals surface area contributed by atoms with E-state index in [2.05, 4.69) is 4.98 Å². The number of aromatic nitrogens is 1. The number of hydrogen-bond acceptors (Lipinski definition) is 7. The van der Waals surface area contributed by atoms with Crippen LogP contribution < -0.4 is 4.74 Å². The van der Waals surface area contributed by atoms with Crippen LogP contribution in [0, 0.1) is 0 Å². The van der Waals surface area contributed by atoms with Crippen molar-refractivity contribution in [2.45, 2.75) is 58.7 Å². The van der Waals surface area contributed by atoms with Crippen LogP contribution in [0.1, 0.15) is 73.3 Å². The number of Topliss-reactive ketones (excluding diaryl/α,β-unsaturated/α-hetero) is 1. The number of esters is 1. The second-order valence-electron chi connectivity index (χ2n) is 11.0. The summed E-state index contributed by atoms with van der Waals surface area (Å²) >= 11 is 0. The molecule has 0 bridgehead atoms. The van der Waals surface area contributed by atoms with E-state index in [1.807, 2.05) is 20.8 Å². The van der Waals surface area contributed by atoms with Gasteiger partial charge in [-0.25, -0.2) is 4.79 Å². The lowest BCUT2D eigenvalue weighted by Gasteiger charge is -2.26. The fourth-order valence-corrected chi connectivity index (χ4v) is 4.75. The number of nitrogens with zero attached hydrogens (tertiary/aromatic N) is 2. The van der Waals surface area contributed by atoms with Crippen molar-refractivity contribution in [2.24, 2.45) is 0 Å². The van der Waals surface area contributed by atoms with E-state index in [0.29, 0.717) is 28.0 Å². The highest BCUT2D eigenvalue weighted by molar-refractivity contribution is 6.46. The molecule has 0 saturated carbocycles. The van der Waals surface area contributed by atoms with Crippen molar-refractivity contribution in [1.82, 2.24) is 9.88 Å². The second-order valence-corrected chi connectivity index (χ2v) is 11.0. The summed E-state index contributed by atoms with van der Waals surface area (Å²) < 4.78 is 10.8. The average molecular weight is 543 g/mol. The van der Waals surface area contributed by atoms with E-state index in [-0.39, 0.29) is 29.4 Å². The number of benzene rings is 2. The first-order chi connectivity index (χ1) is 18.9. The summed E-state index contributed by atoms with van der Waals surface area (Å²) in [6.07, 6.45) is 2.93. The number of carbonyl (C=O) groups is 3. The van der Waals surface area contributed by atoms with Crippen LogP contribution in [-0.4, -0.2) is 45.9 Å². The molecule has 208 valence electrons. The fourth-order valence-electron chi connectivity index (χ4n) is 4.75. The Balaban J connectivity index is 1.77. The number of hydrogen-bond donors (Lipinski definition) is 1. The molecular weight excluding hydrogens is 508 g/mol. The molecule has 1 amide bonds. The lowest BCUT2D eigenvalue weighted by atomic mass is 9.84. The predicted octanol–water partition coefficient (Wildman–Crippen LogP) is 5.57. The van der Waals surface area contributed by atoms with E-state index < -0.39 is 23.7 Å². The van der Waals surface area contributed by atoms with Gasteiger partial charge in [-0.2, -0.15) is 0 Å². The highest BCUT2D eigenvalue weighted by Crippen LogP contribution is 2.41. The van der Waals surface area contributed by atoms with E-state index in [1.54, 1.807) is 87.9 Å². The largest absolute Gasteiger partial charge is 0.507 e. The number of rotatable bonds is 7. The molecule has 0 spiro atoms. The van der Waals surface area contributed by atoms with Crippen LogP contribution >= 0.6 is 0 Å². The standard InChI is InChI=1S/C32H34N2O6/c1-19(2)40-31(38)21-11-9-20(10-12-21)18-34-27(23-8-7-15-33-17-23)26(29(36)30(34)37)28(35)22-13-14-25(39-6)24(16-22)32(3,4)5/h7-17,19,27,35H,18H2,1-6H3/b28-26-. The first-order valence-corrected chi connectivity index (χ1v) is 13.1. The van der Waals surface area contributed by atoms with E-state index in [9.17, 15) is 19.5 Å². The lowest BCUT2D eigenvalue weighted by Crippen LogP contribution is -2.29. The van der Waals surface area contributed by atoms with Gasteiger partial charge in [0.1, 0.15) is 11.5 Å². The molecule has 1 aliphatic heterocycles. The molecule has 0 aliphatic carbocycles. The highest BCUT2D eigenvalue weighted by atomic mass is 16.5. The summed E-state index contributed by atoms with van der Waals surface area (Å²) in [6.45, 7) is 9.70. The van der Waals surface area contributed by atoms with Crippen molar-refractivity contribution in [2.75, 3.05) is 7.11 Å². The predicted molar refractivity (Wildman–Crippen MR) is 151 cm³/mol. The number of ether oxygens (including phenoxy) is 2.